The Morgan fingerprint density at radius 3 is 2.59 bits per heavy atom. The topological polar surface area (TPSA) is 87.8 Å². The Kier molecular flexibility index (Phi) is 6.78. The fourth-order valence-electron chi connectivity index (χ4n) is 2.01. The van der Waals surface area contributed by atoms with Crippen LogP contribution in [0.2, 0.25) is 0 Å². The zero-order valence-electron chi connectivity index (χ0n) is 12.3. The number of hydrogen-bond donors (Lipinski definition) is 3. The minimum atomic E-state index is -0.805. The summed E-state index contributed by atoms with van der Waals surface area (Å²) in [4.78, 5) is 10.6. The van der Waals surface area contributed by atoms with E-state index in [1.54, 1.807) is 18.2 Å². The van der Waals surface area contributed by atoms with E-state index in [1.165, 1.54) is 0 Å². The zero-order chi connectivity index (χ0) is 15.2. The Labute approximate surface area is 140 Å². The number of ether oxygens (including phenoxy) is 1. The van der Waals surface area contributed by atoms with Gasteiger partial charge >= 0.3 is 5.97 Å². The number of benzene rings is 1. The molecule has 6 nitrogen and oxygen atoms in total. The van der Waals surface area contributed by atoms with E-state index in [2.05, 4.69) is 5.43 Å². The van der Waals surface area contributed by atoms with Crippen molar-refractivity contribution in [3.63, 3.8) is 0 Å². The number of nitrogens with one attached hydrogen (secondary N) is 1. The van der Waals surface area contributed by atoms with Gasteiger partial charge in [0.15, 0.2) is 0 Å². The van der Waals surface area contributed by atoms with Crippen molar-refractivity contribution in [1.29, 1.82) is 0 Å². The molecule has 0 bridgehead atoms. The molecule has 0 amide bonds. The van der Waals surface area contributed by atoms with Crippen LogP contribution in [0.15, 0.2) is 42.2 Å². The predicted molar refractivity (Wildman–Crippen MR) is 90.3 cm³/mol. The molecule has 4 N–H and O–H groups in total. The van der Waals surface area contributed by atoms with Gasteiger partial charge in [-0.3, -0.25) is 15.2 Å². The van der Waals surface area contributed by atoms with E-state index >= 15 is 0 Å². The largest absolute Gasteiger partial charge is 0.497 e. The van der Waals surface area contributed by atoms with Gasteiger partial charge in [-0.05, 0) is 48.4 Å². The maximum Gasteiger partial charge on any atom is 0.303 e. The van der Waals surface area contributed by atoms with Crippen molar-refractivity contribution >= 4 is 28.6 Å². The lowest BCUT2D eigenvalue weighted by atomic mass is 10.1. The van der Waals surface area contributed by atoms with Crippen LogP contribution in [0, 0.1) is 0 Å². The van der Waals surface area contributed by atoms with Gasteiger partial charge in [0.25, 0.3) is 0 Å². The van der Waals surface area contributed by atoms with Crippen LogP contribution in [0.25, 0.3) is 5.70 Å². The number of hydrazine groups is 1. The maximum atomic E-state index is 10.6. The third-order valence-electron chi connectivity index (χ3n) is 3.16. The second-order valence-corrected chi connectivity index (χ2v) is 4.66. The molecule has 0 spiro atoms. The van der Waals surface area contributed by atoms with Crippen molar-refractivity contribution in [2.24, 2.45) is 5.73 Å². The summed E-state index contributed by atoms with van der Waals surface area (Å²) in [7, 11) is 1.63. The van der Waals surface area contributed by atoms with Crippen molar-refractivity contribution in [1.82, 2.24) is 10.4 Å². The molecule has 2 rings (SSSR count). The predicted octanol–water partition coefficient (Wildman–Crippen LogP) is 2.10. The van der Waals surface area contributed by atoms with E-state index in [0.717, 1.165) is 17.0 Å². The summed E-state index contributed by atoms with van der Waals surface area (Å²) in [6.07, 6.45) is 4.33. The van der Waals surface area contributed by atoms with Crippen LogP contribution < -0.4 is 15.9 Å². The smallest absolute Gasteiger partial charge is 0.303 e. The van der Waals surface area contributed by atoms with E-state index in [1.807, 2.05) is 30.3 Å². The monoisotopic (exact) mass is 369 g/mol. The van der Waals surface area contributed by atoms with E-state index in [0.29, 0.717) is 18.8 Å². The minimum absolute atomic E-state index is 0. The molecule has 1 aliphatic rings. The molecule has 0 saturated carbocycles. The van der Waals surface area contributed by atoms with E-state index in [-0.39, 0.29) is 23.4 Å². The second kappa shape index (κ2) is 8.33. The summed E-state index contributed by atoms with van der Waals surface area (Å²) in [5, 5.41) is 10.4. The van der Waals surface area contributed by atoms with Crippen molar-refractivity contribution in [2.45, 2.75) is 12.8 Å². The lowest BCUT2D eigenvalue weighted by Crippen LogP contribution is -2.41. The highest BCUT2D eigenvalue weighted by atomic mass is 79.9. The summed E-state index contributed by atoms with van der Waals surface area (Å²) >= 11 is 0. The molecule has 0 atom stereocenters. The third-order valence-corrected chi connectivity index (χ3v) is 3.16. The first-order valence-electron chi connectivity index (χ1n) is 6.68. The van der Waals surface area contributed by atoms with E-state index < -0.39 is 5.97 Å². The molecule has 0 unspecified atom stereocenters. The summed E-state index contributed by atoms with van der Waals surface area (Å²) in [5.41, 5.74) is 11.0. The Hall–Kier alpha value is -2.15. The molecule has 1 aliphatic heterocycles. The second-order valence-electron chi connectivity index (χ2n) is 4.66. The molecular weight excluding hydrogens is 350 g/mol. The molecule has 22 heavy (non-hydrogen) atoms. The highest BCUT2D eigenvalue weighted by molar-refractivity contribution is 8.93. The van der Waals surface area contributed by atoms with Gasteiger partial charge in [-0.1, -0.05) is 0 Å². The van der Waals surface area contributed by atoms with Gasteiger partial charge in [0, 0.05) is 13.0 Å². The molecule has 120 valence electrons. The van der Waals surface area contributed by atoms with Crippen LogP contribution in [0.1, 0.15) is 18.4 Å². The number of rotatable bonds is 6. The summed E-state index contributed by atoms with van der Waals surface area (Å²) < 4.78 is 5.13. The maximum absolute atomic E-state index is 10.6. The van der Waals surface area contributed by atoms with Crippen molar-refractivity contribution in [3.05, 3.63) is 47.8 Å². The van der Waals surface area contributed by atoms with Crippen molar-refractivity contribution in [3.8, 4) is 5.75 Å². The van der Waals surface area contributed by atoms with Gasteiger partial charge in [-0.15, -0.1) is 17.0 Å². The molecule has 0 saturated heterocycles. The number of nitrogens with two attached hydrogens (primary N) is 1. The average molecular weight is 370 g/mol. The van der Waals surface area contributed by atoms with Crippen LogP contribution >= 0.6 is 17.0 Å². The van der Waals surface area contributed by atoms with Crippen LogP contribution in [0.5, 0.6) is 5.75 Å². The van der Waals surface area contributed by atoms with Gasteiger partial charge in [0.05, 0.1) is 12.8 Å². The zero-order valence-corrected chi connectivity index (χ0v) is 14.0. The number of carboxylic acids is 1. The summed E-state index contributed by atoms with van der Waals surface area (Å²) in [6, 6.07) is 7.66. The van der Waals surface area contributed by atoms with Crippen LogP contribution in [0.4, 0.5) is 0 Å². The first-order chi connectivity index (χ1) is 10.1. The van der Waals surface area contributed by atoms with Gasteiger partial charge in [-0.2, -0.15) is 0 Å². The van der Waals surface area contributed by atoms with Crippen LogP contribution in [-0.4, -0.2) is 29.7 Å². The summed E-state index contributed by atoms with van der Waals surface area (Å²) in [6.45, 7) is 0.530. The lowest BCUT2D eigenvalue weighted by Gasteiger charge is -2.30. The van der Waals surface area contributed by atoms with Crippen LogP contribution in [0.3, 0.4) is 0 Å². The highest BCUT2D eigenvalue weighted by Crippen LogP contribution is 2.20. The Balaban J connectivity index is 0.00000242. The number of carboxylic acid groups (broad SMARTS) is 1. The SMILES string of the molecule is Br.COc1ccc(C2=CC=C(N)N(CCCC(=O)O)N2)cc1. The average Bonchev–Trinajstić information content (AvgIpc) is 2.49. The van der Waals surface area contributed by atoms with Crippen LogP contribution in [-0.2, 0) is 4.79 Å². The number of methoxy groups -OCH3 is 1. The Bertz CT molecular complexity index is 570. The number of hydrogen-bond acceptors (Lipinski definition) is 5. The molecule has 0 aliphatic carbocycles. The minimum Gasteiger partial charge on any atom is -0.497 e. The van der Waals surface area contributed by atoms with E-state index in [4.69, 9.17) is 15.6 Å². The Morgan fingerprint density at radius 2 is 2.00 bits per heavy atom. The summed E-state index contributed by atoms with van der Waals surface area (Å²) in [5.74, 6) is 0.557. The fraction of sp³-hybridized carbons (Fsp3) is 0.267. The molecule has 1 heterocycles. The molecule has 0 fully saturated rings. The lowest BCUT2D eigenvalue weighted by molar-refractivity contribution is -0.137. The normalized spacial score (nSPS) is 13.4. The van der Waals surface area contributed by atoms with Gasteiger partial charge in [0.1, 0.15) is 11.6 Å². The molecule has 7 heteroatoms. The third kappa shape index (κ3) is 4.70. The van der Waals surface area contributed by atoms with Crippen molar-refractivity contribution in [2.75, 3.05) is 13.7 Å². The number of halogens is 1. The molecule has 1 aromatic carbocycles. The van der Waals surface area contributed by atoms with E-state index in [9.17, 15) is 4.79 Å². The Morgan fingerprint density at radius 1 is 1.32 bits per heavy atom. The number of carbonyl (C=O) groups is 1. The first kappa shape index (κ1) is 17.9. The first-order valence-corrected chi connectivity index (χ1v) is 6.68. The molecule has 1 aromatic rings. The van der Waals surface area contributed by atoms with Gasteiger partial charge in [0.2, 0.25) is 0 Å². The highest BCUT2D eigenvalue weighted by Gasteiger charge is 2.13. The quantitative estimate of drug-likeness (QED) is 0.711. The standard InChI is InChI=1S/C15H19N3O3.BrH/c1-21-12-6-4-11(5-7-12)13-8-9-14(16)18(17-13)10-2-3-15(19)20;/h4-9,17H,2-3,10,16H2,1H3,(H,19,20);1H. The molecular formula is C15H20BrN3O3. The molecule has 0 radical (unpaired) electrons. The van der Waals surface area contributed by atoms with Gasteiger partial charge in [-0.25, -0.2) is 0 Å². The fourth-order valence-corrected chi connectivity index (χ4v) is 2.01. The number of nitrogens with zero attached hydrogens (tertiary/aromatic N) is 1. The van der Waals surface area contributed by atoms with Gasteiger partial charge < -0.3 is 15.6 Å². The molecule has 0 aromatic heterocycles. The number of aliphatic carboxylic acids is 1. The number of allylic oxidation sites excluding steroid dienone is 2. The van der Waals surface area contributed by atoms with Crippen molar-refractivity contribution < 1.29 is 14.6 Å².